The quantitative estimate of drug-likeness (QED) is 0.819. The molecule has 5 nitrogen and oxygen atoms in total. The molecule has 1 fully saturated rings. The van der Waals surface area contributed by atoms with Gasteiger partial charge in [0.15, 0.2) is 0 Å². The third-order valence-electron chi connectivity index (χ3n) is 4.17. The Balaban J connectivity index is 1.93. The van der Waals surface area contributed by atoms with Crippen molar-refractivity contribution in [3.8, 4) is 0 Å². The molecule has 0 saturated carbocycles. The number of hydrogen-bond acceptors (Lipinski definition) is 4. The highest BCUT2D eigenvalue weighted by Gasteiger charge is 2.46. The molecular formula is C20H21F2N3O2. The molecule has 0 spiro atoms. The molecule has 0 bridgehead atoms. The third-order valence-corrected chi connectivity index (χ3v) is 4.17. The average molecular weight is 373 g/mol. The van der Waals surface area contributed by atoms with Gasteiger partial charge < -0.3 is 10.1 Å². The van der Waals surface area contributed by atoms with Crippen molar-refractivity contribution in [2.24, 2.45) is 5.10 Å². The molecule has 1 saturated heterocycles. The molecule has 0 aromatic heterocycles. The Labute approximate surface area is 156 Å². The zero-order valence-corrected chi connectivity index (χ0v) is 15.0. The molecule has 0 aliphatic carbocycles. The summed E-state index contributed by atoms with van der Waals surface area (Å²) in [5.74, 6) is -5.22. The Morgan fingerprint density at radius 2 is 1.70 bits per heavy atom. The molecule has 2 aromatic rings. The first kappa shape index (κ1) is 19.0. The molecule has 142 valence electrons. The highest BCUT2D eigenvalue weighted by atomic mass is 19.3. The van der Waals surface area contributed by atoms with Gasteiger partial charge in [-0.25, -0.2) is 0 Å². The number of para-hydroxylation sites is 1. The van der Waals surface area contributed by atoms with Gasteiger partial charge in [0.05, 0.1) is 26.3 Å². The number of hydrogen-bond donors (Lipinski definition) is 1. The minimum absolute atomic E-state index is 0.209. The van der Waals surface area contributed by atoms with Crippen molar-refractivity contribution >= 4 is 17.3 Å². The van der Waals surface area contributed by atoms with E-state index in [0.29, 0.717) is 32.0 Å². The van der Waals surface area contributed by atoms with Gasteiger partial charge in [-0.1, -0.05) is 48.0 Å². The second-order valence-electron chi connectivity index (χ2n) is 6.28. The number of nitrogens with zero attached hydrogens (tertiary/aromatic N) is 2. The maximum Gasteiger partial charge on any atom is 0.368 e. The van der Waals surface area contributed by atoms with Crippen LogP contribution in [0.15, 0.2) is 59.7 Å². The molecule has 1 aliphatic heterocycles. The van der Waals surface area contributed by atoms with Crippen LogP contribution in [0.3, 0.4) is 0 Å². The number of hydrazone groups is 1. The maximum atomic E-state index is 15.1. The largest absolute Gasteiger partial charge is 0.378 e. The number of nitrogens with one attached hydrogen (secondary N) is 1. The van der Waals surface area contributed by atoms with Crippen LogP contribution in [0.25, 0.3) is 0 Å². The highest BCUT2D eigenvalue weighted by Crippen LogP contribution is 2.25. The molecule has 7 heteroatoms. The van der Waals surface area contributed by atoms with Gasteiger partial charge in [0.2, 0.25) is 0 Å². The number of benzene rings is 2. The van der Waals surface area contributed by atoms with E-state index >= 15 is 8.78 Å². The predicted octanol–water partition coefficient (Wildman–Crippen LogP) is 3.31. The summed E-state index contributed by atoms with van der Waals surface area (Å²) in [6.45, 7) is 3.47. The predicted molar refractivity (Wildman–Crippen MR) is 100 cm³/mol. The fourth-order valence-corrected chi connectivity index (χ4v) is 2.65. The second-order valence-corrected chi connectivity index (χ2v) is 6.28. The van der Waals surface area contributed by atoms with E-state index in [4.69, 9.17) is 4.74 Å². The highest BCUT2D eigenvalue weighted by molar-refractivity contribution is 6.21. The van der Waals surface area contributed by atoms with Crippen LogP contribution in [-0.4, -0.2) is 48.9 Å². The van der Waals surface area contributed by atoms with E-state index < -0.39 is 17.5 Å². The van der Waals surface area contributed by atoms with Crippen LogP contribution in [0.2, 0.25) is 0 Å². The van der Waals surface area contributed by atoms with Crippen molar-refractivity contribution in [2.45, 2.75) is 12.8 Å². The van der Waals surface area contributed by atoms with Crippen LogP contribution in [-0.2, 0) is 9.53 Å². The third kappa shape index (κ3) is 4.68. The smallest absolute Gasteiger partial charge is 0.368 e. The minimum atomic E-state index is -3.80. The Kier molecular flexibility index (Phi) is 5.81. The zero-order chi connectivity index (χ0) is 19.3. The van der Waals surface area contributed by atoms with Crippen molar-refractivity contribution in [1.82, 2.24) is 5.01 Å². The summed E-state index contributed by atoms with van der Waals surface area (Å²) in [5.41, 5.74) is 0.872. The number of alkyl halides is 2. The number of aryl methyl sites for hydroxylation is 1. The lowest BCUT2D eigenvalue weighted by molar-refractivity contribution is -0.131. The summed E-state index contributed by atoms with van der Waals surface area (Å²) in [5, 5.41) is 7.91. The normalized spacial score (nSPS) is 15.5. The summed E-state index contributed by atoms with van der Waals surface area (Å²) in [6, 6.07) is 14.7. The molecule has 2 aromatic carbocycles. The molecule has 1 aliphatic rings. The van der Waals surface area contributed by atoms with E-state index in [-0.39, 0.29) is 5.56 Å². The van der Waals surface area contributed by atoms with Crippen molar-refractivity contribution in [1.29, 1.82) is 0 Å². The van der Waals surface area contributed by atoms with Crippen LogP contribution in [0.1, 0.15) is 11.1 Å². The molecular weight excluding hydrogens is 352 g/mol. The number of halogens is 2. The van der Waals surface area contributed by atoms with Crippen LogP contribution < -0.4 is 5.32 Å². The fraction of sp³-hybridized carbons (Fsp3) is 0.300. The first-order valence-electron chi connectivity index (χ1n) is 8.70. The average Bonchev–Trinajstić information content (AvgIpc) is 2.68. The minimum Gasteiger partial charge on any atom is -0.378 e. The molecule has 0 radical (unpaired) electrons. The SMILES string of the molecule is Cc1ccc(/C(=N/N2CCOCC2)C(F)(F)C(=O)Nc2ccccc2)cc1. The van der Waals surface area contributed by atoms with Crippen molar-refractivity contribution in [3.05, 3.63) is 65.7 Å². The molecule has 1 heterocycles. The lowest BCUT2D eigenvalue weighted by atomic mass is 10.0. The number of rotatable bonds is 5. The number of morpholine rings is 1. The van der Waals surface area contributed by atoms with Crippen LogP contribution in [0, 0.1) is 6.92 Å². The molecule has 0 unspecified atom stereocenters. The number of anilines is 1. The fourth-order valence-electron chi connectivity index (χ4n) is 2.65. The summed E-state index contributed by atoms with van der Waals surface area (Å²) in [4.78, 5) is 12.4. The molecule has 1 amide bonds. The molecule has 27 heavy (non-hydrogen) atoms. The van der Waals surface area contributed by atoms with Crippen LogP contribution in [0.4, 0.5) is 14.5 Å². The van der Waals surface area contributed by atoms with E-state index in [0.717, 1.165) is 5.56 Å². The number of carbonyl (C=O) groups excluding carboxylic acids is 1. The lowest BCUT2D eigenvalue weighted by Gasteiger charge is -2.27. The summed E-state index contributed by atoms with van der Waals surface area (Å²) in [7, 11) is 0. The van der Waals surface area contributed by atoms with E-state index in [1.54, 1.807) is 54.6 Å². The number of amides is 1. The van der Waals surface area contributed by atoms with Gasteiger partial charge >= 0.3 is 11.8 Å². The van der Waals surface area contributed by atoms with Gasteiger partial charge in [0.25, 0.3) is 0 Å². The summed E-state index contributed by atoms with van der Waals surface area (Å²) in [6.07, 6.45) is 0. The number of carbonyl (C=O) groups is 1. The maximum absolute atomic E-state index is 15.1. The first-order valence-corrected chi connectivity index (χ1v) is 8.70. The summed E-state index contributed by atoms with van der Waals surface area (Å²) < 4.78 is 35.5. The first-order chi connectivity index (χ1) is 13.0. The Hall–Kier alpha value is -2.80. The van der Waals surface area contributed by atoms with Crippen LogP contribution in [0.5, 0.6) is 0 Å². The van der Waals surface area contributed by atoms with E-state index in [2.05, 4.69) is 10.4 Å². The van der Waals surface area contributed by atoms with E-state index in [1.807, 2.05) is 6.92 Å². The van der Waals surface area contributed by atoms with Gasteiger partial charge in [-0.05, 0) is 19.1 Å². The Morgan fingerprint density at radius 3 is 2.33 bits per heavy atom. The second kappa shape index (κ2) is 8.26. The lowest BCUT2D eigenvalue weighted by Crippen LogP contribution is -2.44. The van der Waals surface area contributed by atoms with Crippen molar-refractivity contribution in [2.75, 3.05) is 31.6 Å². The van der Waals surface area contributed by atoms with Gasteiger partial charge in [-0.15, -0.1) is 0 Å². The molecule has 3 rings (SSSR count). The molecule has 0 atom stereocenters. The van der Waals surface area contributed by atoms with Gasteiger partial charge in [0, 0.05) is 11.3 Å². The van der Waals surface area contributed by atoms with E-state index in [9.17, 15) is 4.79 Å². The van der Waals surface area contributed by atoms with E-state index in [1.165, 1.54) is 5.01 Å². The standard InChI is InChI=1S/C20H21F2N3O2/c1-15-7-9-16(10-8-15)18(24-25-11-13-27-14-12-25)20(21,22)19(26)23-17-5-3-2-4-6-17/h2-10H,11-14H2,1H3,(H,23,26)/b24-18-. The number of ether oxygens (including phenoxy) is 1. The van der Waals surface area contributed by atoms with Gasteiger partial charge in [-0.3, -0.25) is 9.80 Å². The summed E-state index contributed by atoms with van der Waals surface area (Å²) >= 11 is 0. The Bertz CT molecular complexity index is 802. The topological polar surface area (TPSA) is 53.9 Å². The van der Waals surface area contributed by atoms with Gasteiger partial charge in [0.1, 0.15) is 5.71 Å². The van der Waals surface area contributed by atoms with Crippen LogP contribution >= 0.6 is 0 Å². The Morgan fingerprint density at radius 1 is 1.07 bits per heavy atom. The monoisotopic (exact) mass is 373 g/mol. The molecule has 1 N–H and O–H groups in total. The van der Waals surface area contributed by atoms with Crippen molar-refractivity contribution in [3.63, 3.8) is 0 Å². The van der Waals surface area contributed by atoms with Gasteiger partial charge in [-0.2, -0.15) is 13.9 Å². The zero-order valence-electron chi connectivity index (χ0n) is 15.0. The van der Waals surface area contributed by atoms with Crippen molar-refractivity contribution < 1.29 is 18.3 Å².